The molecule has 0 saturated carbocycles. The van der Waals surface area contributed by atoms with Crippen LogP contribution in [-0.2, 0) is 0 Å². The number of para-hydroxylation sites is 1. The van der Waals surface area contributed by atoms with E-state index in [4.69, 9.17) is 0 Å². The smallest absolute Gasteiger partial charge is 0.354 e. The number of hydrogen-bond donors (Lipinski definition) is 2. The number of carbonyl (C=O) groups is 2. The summed E-state index contributed by atoms with van der Waals surface area (Å²) in [7, 11) is 0. The van der Waals surface area contributed by atoms with Crippen molar-refractivity contribution in [3.8, 4) is 0 Å². The monoisotopic (exact) mass is 316 g/mol. The summed E-state index contributed by atoms with van der Waals surface area (Å²) in [6.45, 7) is 0. The molecule has 110 valence electrons. The van der Waals surface area contributed by atoms with E-state index >= 15 is 0 Å². The average molecular weight is 316 g/mol. The highest BCUT2D eigenvalue weighted by atomic mass is 32.1. The summed E-state index contributed by atoms with van der Waals surface area (Å²) in [5.41, 5.74) is -0.564. The van der Waals surface area contributed by atoms with E-state index in [0.29, 0.717) is 5.69 Å². The van der Waals surface area contributed by atoms with Gasteiger partial charge in [-0.3, -0.25) is 9.59 Å². The third-order valence-corrected chi connectivity index (χ3v) is 3.83. The second kappa shape index (κ2) is 5.37. The molecular formula is C13H8N4O4S. The number of nitrogens with zero attached hydrogens (tertiary/aromatic N) is 3. The minimum Gasteiger partial charge on any atom is -0.477 e. The maximum Gasteiger partial charge on any atom is 0.354 e. The number of aromatic nitrogens is 3. The van der Waals surface area contributed by atoms with Gasteiger partial charge in [0, 0.05) is 5.69 Å². The molecule has 0 radical (unpaired) electrons. The van der Waals surface area contributed by atoms with Crippen LogP contribution in [0.5, 0.6) is 0 Å². The predicted molar refractivity (Wildman–Crippen MR) is 78.5 cm³/mol. The summed E-state index contributed by atoms with van der Waals surface area (Å²) < 4.78 is 0.861. The molecule has 0 bridgehead atoms. The maximum atomic E-state index is 12.3. The van der Waals surface area contributed by atoms with E-state index in [9.17, 15) is 19.5 Å². The highest BCUT2D eigenvalue weighted by Crippen LogP contribution is 2.21. The number of aromatic carboxylic acids is 1. The van der Waals surface area contributed by atoms with Crippen molar-refractivity contribution >= 4 is 33.9 Å². The molecule has 0 aliphatic heterocycles. The Kier molecular flexibility index (Phi) is 3.39. The number of carbonyl (C=O) groups excluding carboxylic acids is 1. The Hall–Kier alpha value is -3.07. The highest BCUT2D eigenvalue weighted by molar-refractivity contribution is 7.19. The second-order valence-corrected chi connectivity index (χ2v) is 5.18. The average Bonchev–Trinajstić information content (AvgIpc) is 2.89. The number of fused-ring (bicyclic) bond motifs is 1. The van der Waals surface area contributed by atoms with Crippen LogP contribution in [0.15, 0.2) is 41.3 Å². The largest absolute Gasteiger partial charge is 0.477 e. The standard InChI is InChI=1S/C13H8N4O4S/c18-8-6-14-16-13-17(8)9(12(20)21)10(22-13)11(19)15-7-4-2-1-3-5-7/h1-6H,(H,15,19)(H,20,21). The van der Waals surface area contributed by atoms with E-state index in [1.807, 2.05) is 0 Å². The Morgan fingerprint density at radius 3 is 2.64 bits per heavy atom. The van der Waals surface area contributed by atoms with Gasteiger partial charge in [-0.15, -0.1) is 5.10 Å². The fourth-order valence-corrected chi connectivity index (χ4v) is 2.86. The van der Waals surface area contributed by atoms with Crippen LogP contribution in [0.1, 0.15) is 20.2 Å². The minimum atomic E-state index is -1.39. The van der Waals surface area contributed by atoms with Crippen LogP contribution in [0.4, 0.5) is 5.69 Å². The van der Waals surface area contributed by atoms with E-state index in [0.717, 1.165) is 21.9 Å². The van der Waals surface area contributed by atoms with Crippen LogP contribution >= 0.6 is 11.3 Å². The minimum absolute atomic E-state index is 0.0445. The van der Waals surface area contributed by atoms with Crippen LogP contribution in [0.3, 0.4) is 0 Å². The summed E-state index contributed by atoms with van der Waals surface area (Å²) in [6, 6.07) is 8.57. The van der Waals surface area contributed by atoms with Gasteiger partial charge >= 0.3 is 5.97 Å². The first-order valence-corrected chi connectivity index (χ1v) is 6.86. The Morgan fingerprint density at radius 1 is 1.23 bits per heavy atom. The molecule has 3 rings (SSSR count). The van der Waals surface area contributed by atoms with E-state index in [1.54, 1.807) is 30.3 Å². The summed E-state index contributed by atoms with van der Waals surface area (Å²) in [6.07, 6.45) is 0.894. The van der Waals surface area contributed by atoms with Gasteiger partial charge in [-0.2, -0.15) is 5.10 Å². The summed E-state index contributed by atoms with van der Waals surface area (Å²) in [5.74, 6) is -2.02. The second-order valence-electron chi connectivity index (χ2n) is 4.21. The Morgan fingerprint density at radius 2 is 1.95 bits per heavy atom. The van der Waals surface area contributed by atoms with Gasteiger partial charge in [0.25, 0.3) is 11.5 Å². The van der Waals surface area contributed by atoms with Crippen LogP contribution in [0.25, 0.3) is 4.96 Å². The lowest BCUT2D eigenvalue weighted by Crippen LogP contribution is -2.21. The molecule has 0 fully saturated rings. The Bertz CT molecular complexity index is 932. The van der Waals surface area contributed by atoms with Gasteiger partial charge < -0.3 is 10.4 Å². The molecule has 22 heavy (non-hydrogen) atoms. The van der Waals surface area contributed by atoms with Crippen molar-refractivity contribution in [2.24, 2.45) is 0 Å². The lowest BCUT2D eigenvalue weighted by molar-refractivity contribution is 0.0685. The first kappa shape index (κ1) is 13.9. The number of anilines is 1. The van der Waals surface area contributed by atoms with Crippen molar-refractivity contribution in [1.29, 1.82) is 0 Å². The quantitative estimate of drug-likeness (QED) is 0.748. The summed E-state index contributed by atoms with van der Waals surface area (Å²) >= 11 is 0.790. The number of hydrogen-bond acceptors (Lipinski definition) is 6. The molecule has 0 atom stereocenters. The van der Waals surface area contributed by atoms with Crippen LogP contribution in [-0.4, -0.2) is 31.6 Å². The van der Waals surface area contributed by atoms with Gasteiger partial charge in [-0.1, -0.05) is 29.5 Å². The molecular weight excluding hydrogens is 308 g/mol. The molecule has 2 heterocycles. The number of benzene rings is 1. The van der Waals surface area contributed by atoms with E-state index < -0.39 is 23.1 Å². The molecule has 0 unspecified atom stereocenters. The van der Waals surface area contributed by atoms with Gasteiger partial charge in [-0.05, 0) is 12.1 Å². The van der Waals surface area contributed by atoms with Crippen LogP contribution < -0.4 is 10.9 Å². The molecule has 0 aliphatic carbocycles. The molecule has 0 saturated heterocycles. The fourth-order valence-electron chi connectivity index (χ4n) is 1.89. The molecule has 0 aliphatic rings. The Labute approximate surface area is 126 Å². The van der Waals surface area contributed by atoms with E-state index in [-0.39, 0.29) is 9.84 Å². The van der Waals surface area contributed by atoms with E-state index in [2.05, 4.69) is 15.5 Å². The van der Waals surface area contributed by atoms with Crippen molar-refractivity contribution in [3.63, 3.8) is 0 Å². The van der Waals surface area contributed by atoms with Crippen molar-refractivity contribution in [3.05, 3.63) is 57.5 Å². The van der Waals surface area contributed by atoms with Crippen molar-refractivity contribution in [2.45, 2.75) is 0 Å². The van der Waals surface area contributed by atoms with Crippen LogP contribution in [0, 0.1) is 0 Å². The van der Waals surface area contributed by atoms with Gasteiger partial charge in [0.1, 0.15) is 11.1 Å². The zero-order valence-corrected chi connectivity index (χ0v) is 11.7. The Balaban J connectivity index is 2.12. The SMILES string of the molecule is O=C(Nc1ccccc1)c1sc2nncc(=O)n2c1C(=O)O. The third-order valence-electron chi connectivity index (χ3n) is 2.80. The molecule has 2 aromatic heterocycles. The van der Waals surface area contributed by atoms with Crippen molar-refractivity contribution in [2.75, 3.05) is 5.32 Å². The number of rotatable bonds is 3. The number of thiazole rings is 1. The number of carboxylic acids is 1. The van der Waals surface area contributed by atoms with Gasteiger partial charge in [-0.25, -0.2) is 9.20 Å². The van der Waals surface area contributed by atoms with Gasteiger partial charge in [0.05, 0.1) is 0 Å². The zero-order valence-electron chi connectivity index (χ0n) is 10.9. The summed E-state index contributed by atoms with van der Waals surface area (Å²) in [5, 5.41) is 19.0. The van der Waals surface area contributed by atoms with Crippen molar-refractivity contribution < 1.29 is 14.7 Å². The van der Waals surface area contributed by atoms with Gasteiger partial charge in [0.2, 0.25) is 4.96 Å². The highest BCUT2D eigenvalue weighted by Gasteiger charge is 2.25. The van der Waals surface area contributed by atoms with Gasteiger partial charge in [0.15, 0.2) is 5.69 Å². The molecule has 8 nitrogen and oxygen atoms in total. The lowest BCUT2D eigenvalue weighted by atomic mass is 10.3. The molecule has 2 N–H and O–H groups in total. The molecule has 9 heteroatoms. The third kappa shape index (κ3) is 2.33. The maximum absolute atomic E-state index is 12.3. The van der Waals surface area contributed by atoms with Crippen LogP contribution in [0.2, 0.25) is 0 Å². The molecule has 3 aromatic rings. The summed E-state index contributed by atoms with van der Waals surface area (Å²) in [4.78, 5) is 35.4. The number of amides is 1. The first-order chi connectivity index (χ1) is 10.6. The van der Waals surface area contributed by atoms with Crippen molar-refractivity contribution in [1.82, 2.24) is 14.6 Å². The molecule has 0 spiro atoms. The number of nitrogens with one attached hydrogen (secondary N) is 1. The van der Waals surface area contributed by atoms with E-state index in [1.165, 1.54) is 0 Å². The normalized spacial score (nSPS) is 10.5. The molecule has 1 amide bonds. The zero-order chi connectivity index (χ0) is 15.7. The predicted octanol–water partition coefficient (Wildman–Crippen LogP) is 1.10. The topological polar surface area (TPSA) is 114 Å². The number of carboxylic acid groups (broad SMARTS) is 1. The fraction of sp³-hybridized carbons (Fsp3) is 0. The molecule has 1 aromatic carbocycles. The first-order valence-electron chi connectivity index (χ1n) is 6.05. The lowest BCUT2D eigenvalue weighted by Gasteiger charge is -2.03.